The molecule has 0 bridgehead atoms. The zero-order chi connectivity index (χ0) is 10.6. The SMILES string of the molecule is NS(=O)(=O)C(CC(=O)O)CC(=O)O. The van der Waals surface area contributed by atoms with Gasteiger partial charge in [-0.25, -0.2) is 13.6 Å². The predicted molar refractivity (Wildman–Crippen MR) is 41.4 cm³/mol. The zero-order valence-electron chi connectivity index (χ0n) is 6.50. The van der Waals surface area contributed by atoms with E-state index in [-0.39, 0.29) is 0 Å². The average molecular weight is 211 g/mol. The first-order valence-corrected chi connectivity index (χ1v) is 4.79. The Bertz CT molecular complexity index is 291. The summed E-state index contributed by atoms with van der Waals surface area (Å²) in [5.74, 6) is -2.81. The van der Waals surface area contributed by atoms with E-state index in [4.69, 9.17) is 10.2 Å². The summed E-state index contributed by atoms with van der Waals surface area (Å²) in [6, 6.07) is 0. The summed E-state index contributed by atoms with van der Waals surface area (Å²) in [6.45, 7) is 0. The predicted octanol–water partition coefficient (Wildman–Crippen LogP) is -1.41. The van der Waals surface area contributed by atoms with Crippen LogP contribution in [0.1, 0.15) is 12.8 Å². The molecule has 76 valence electrons. The van der Waals surface area contributed by atoms with Gasteiger partial charge in [0, 0.05) is 0 Å². The molecule has 0 aliphatic heterocycles. The molecule has 0 heterocycles. The molecule has 7 nitrogen and oxygen atoms in total. The van der Waals surface area contributed by atoms with Crippen LogP contribution in [0.4, 0.5) is 0 Å². The van der Waals surface area contributed by atoms with Gasteiger partial charge >= 0.3 is 11.9 Å². The summed E-state index contributed by atoms with van der Waals surface area (Å²) in [4.78, 5) is 20.2. The Balaban J connectivity index is 4.57. The third-order valence-electron chi connectivity index (χ3n) is 1.27. The van der Waals surface area contributed by atoms with Gasteiger partial charge in [0.1, 0.15) is 0 Å². The largest absolute Gasteiger partial charge is 0.481 e. The normalized spacial score (nSPS) is 11.5. The number of hydrogen-bond acceptors (Lipinski definition) is 4. The van der Waals surface area contributed by atoms with Crippen LogP contribution in [0.5, 0.6) is 0 Å². The van der Waals surface area contributed by atoms with E-state index in [0.717, 1.165) is 0 Å². The quantitative estimate of drug-likeness (QED) is 0.511. The Morgan fingerprint density at radius 3 is 1.62 bits per heavy atom. The lowest BCUT2D eigenvalue weighted by Crippen LogP contribution is -2.32. The van der Waals surface area contributed by atoms with E-state index in [1.807, 2.05) is 0 Å². The monoisotopic (exact) mass is 211 g/mol. The summed E-state index contributed by atoms with van der Waals surface area (Å²) in [7, 11) is -4.12. The molecule has 0 amide bonds. The van der Waals surface area contributed by atoms with Crippen LogP contribution in [0.25, 0.3) is 0 Å². The highest BCUT2D eigenvalue weighted by Crippen LogP contribution is 2.07. The first-order chi connectivity index (χ1) is 5.73. The number of hydrogen-bond donors (Lipinski definition) is 3. The summed E-state index contributed by atoms with van der Waals surface area (Å²) in [5.41, 5.74) is 0. The average Bonchev–Trinajstić information content (AvgIpc) is 1.81. The molecule has 0 aromatic carbocycles. The molecule has 4 N–H and O–H groups in total. The summed E-state index contributed by atoms with van der Waals surface area (Å²) in [6.07, 6.45) is -1.60. The van der Waals surface area contributed by atoms with Crippen LogP contribution < -0.4 is 5.14 Å². The lowest BCUT2D eigenvalue weighted by atomic mass is 10.2. The number of sulfonamides is 1. The number of aliphatic carboxylic acids is 2. The van der Waals surface area contributed by atoms with Crippen molar-refractivity contribution in [1.29, 1.82) is 0 Å². The maximum atomic E-state index is 10.7. The van der Waals surface area contributed by atoms with Gasteiger partial charge in [0.05, 0.1) is 18.1 Å². The Labute approximate surface area is 74.2 Å². The third kappa shape index (κ3) is 5.15. The van der Waals surface area contributed by atoms with Gasteiger partial charge in [0.15, 0.2) is 0 Å². The molecule has 13 heavy (non-hydrogen) atoms. The number of carbonyl (C=O) groups is 2. The lowest BCUT2D eigenvalue weighted by molar-refractivity contribution is -0.138. The second-order valence-electron chi connectivity index (χ2n) is 2.41. The van der Waals surface area contributed by atoms with Crippen LogP contribution in [0, 0.1) is 0 Å². The van der Waals surface area contributed by atoms with Crippen molar-refractivity contribution in [1.82, 2.24) is 0 Å². The van der Waals surface area contributed by atoms with E-state index >= 15 is 0 Å². The van der Waals surface area contributed by atoms with Crippen molar-refractivity contribution >= 4 is 22.0 Å². The number of carboxylic acids is 2. The molecular weight excluding hydrogens is 202 g/mol. The first kappa shape index (κ1) is 11.8. The van der Waals surface area contributed by atoms with Crippen molar-refractivity contribution in [3.8, 4) is 0 Å². The highest BCUT2D eigenvalue weighted by Gasteiger charge is 2.26. The first-order valence-electron chi connectivity index (χ1n) is 3.18. The highest BCUT2D eigenvalue weighted by atomic mass is 32.2. The molecule has 0 aliphatic rings. The van der Waals surface area contributed by atoms with Crippen molar-refractivity contribution in [3.05, 3.63) is 0 Å². The topological polar surface area (TPSA) is 135 Å². The molecular formula is C5H9NO6S. The van der Waals surface area contributed by atoms with Crippen LogP contribution in [0.3, 0.4) is 0 Å². The molecule has 0 radical (unpaired) electrons. The van der Waals surface area contributed by atoms with Gasteiger partial charge in [-0.1, -0.05) is 0 Å². The van der Waals surface area contributed by atoms with Crippen molar-refractivity contribution in [2.45, 2.75) is 18.1 Å². The van der Waals surface area contributed by atoms with E-state index in [9.17, 15) is 18.0 Å². The van der Waals surface area contributed by atoms with Crippen molar-refractivity contribution < 1.29 is 28.2 Å². The van der Waals surface area contributed by atoms with Crippen LogP contribution in [-0.4, -0.2) is 35.8 Å². The molecule has 0 saturated heterocycles. The fourth-order valence-electron chi connectivity index (χ4n) is 0.694. The van der Waals surface area contributed by atoms with Gasteiger partial charge in [0.25, 0.3) is 0 Å². The number of nitrogens with two attached hydrogens (primary N) is 1. The fraction of sp³-hybridized carbons (Fsp3) is 0.600. The van der Waals surface area contributed by atoms with Crippen molar-refractivity contribution in [3.63, 3.8) is 0 Å². The number of primary sulfonamides is 1. The van der Waals surface area contributed by atoms with E-state index < -0.39 is 40.1 Å². The summed E-state index contributed by atoms with van der Waals surface area (Å²) in [5, 5.41) is 19.5. The lowest BCUT2D eigenvalue weighted by Gasteiger charge is -2.08. The maximum absolute atomic E-state index is 10.7. The molecule has 0 aromatic heterocycles. The van der Waals surface area contributed by atoms with Crippen molar-refractivity contribution in [2.24, 2.45) is 5.14 Å². The zero-order valence-corrected chi connectivity index (χ0v) is 7.32. The van der Waals surface area contributed by atoms with E-state index in [1.54, 1.807) is 0 Å². The highest BCUT2D eigenvalue weighted by molar-refractivity contribution is 7.89. The van der Waals surface area contributed by atoms with E-state index in [1.165, 1.54) is 0 Å². The second kappa shape index (κ2) is 4.19. The minimum Gasteiger partial charge on any atom is -0.481 e. The van der Waals surface area contributed by atoms with Crippen LogP contribution in [0.2, 0.25) is 0 Å². The van der Waals surface area contributed by atoms with Gasteiger partial charge in [-0.2, -0.15) is 0 Å². The van der Waals surface area contributed by atoms with E-state index in [2.05, 4.69) is 5.14 Å². The summed E-state index contributed by atoms with van der Waals surface area (Å²) < 4.78 is 21.3. The molecule has 0 aliphatic carbocycles. The molecule has 0 saturated carbocycles. The van der Waals surface area contributed by atoms with Crippen molar-refractivity contribution in [2.75, 3.05) is 0 Å². The van der Waals surface area contributed by atoms with Crippen LogP contribution in [0.15, 0.2) is 0 Å². The Hall–Kier alpha value is -1.15. The third-order valence-corrected chi connectivity index (χ3v) is 2.53. The van der Waals surface area contributed by atoms with Gasteiger partial charge < -0.3 is 10.2 Å². The molecule has 0 atom stereocenters. The molecule has 0 aromatic rings. The minimum absolute atomic E-state index is 0.800. The maximum Gasteiger partial charge on any atom is 0.304 e. The molecule has 0 unspecified atom stereocenters. The molecule has 8 heteroatoms. The Kier molecular flexibility index (Phi) is 3.82. The standard InChI is InChI=1S/C5H9NO6S/c6-13(11,12)3(1-4(7)8)2-5(9)10/h3H,1-2H2,(H,7,8)(H,9,10)(H2,6,11,12). The van der Waals surface area contributed by atoms with Crippen LogP contribution in [-0.2, 0) is 19.6 Å². The number of rotatable bonds is 5. The molecule has 0 rings (SSSR count). The smallest absolute Gasteiger partial charge is 0.304 e. The van der Waals surface area contributed by atoms with Gasteiger partial charge in [-0.05, 0) is 0 Å². The molecule has 0 fully saturated rings. The second-order valence-corrected chi connectivity index (χ2v) is 4.25. The van der Waals surface area contributed by atoms with Gasteiger partial charge in [-0.3, -0.25) is 9.59 Å². The summed E-state index contributed by atoms with van der Waals surface area (Å²) >= 11 is 0. The minimum atomic E-state index is -4.12. The van der Waals surface area contributed by atoms with Crippen LogP contribution >= 0.6 is 0 Å². The van der Waals surface area contributed by atoms with Gasteiger partial charge in [0.2, 0.25) is 10.0 Å². The Morgan fingerprint density at radius 1 is 1.15 bits per heavy atom. The fourth-order valence-corrected chi connectivity index (χ4v) is 1.44. The number of carboxylic acid groups (broad SMARTS) is 2. The van der Waals surface area contributed by atoms with Gasteiger partial charge in [-0.15, -0.1) is 0 Å². The van der Waals surface area contributed by atoms with E-state index in [0.29, 0.717) is 0 Å². The Morgan fingerprint density at radius 2 is 1.46 bits per heavy atom. The molecule has 0 spiro atoms.